The lowest BCUT2D eigenvalue weighted by molar-refractivity contribution is 1.35. The van der Waals surface area contributed by atoms with E-state index in [0.717, 1.165) is 16.7 Å². The van der Waals surface area contributed by atoms with Gasteiger partial charge in [0.05, 0.1) is 11.6 Å². The highest BCUT2D eigenvalue weighted by molar-refractivity contribution is 5.63. The van der Waals surface area contributed by atoms with E-state index in [4.69, 9.17) is 5.26 Å². The molecule has 0 amide bonds. The van der Waals surface area contributed by atoms with Crippen molar-refractivity contribution in [3.05, 3.63) is 59.2 Å². The van der Waals surface area contributed by atoms with Crippen LogP contribution >= 0.6 is 0 Å². The van der Waals surface area contributed by atoms with Gasteiger partial charge in [0.15, 0.2) is 0 Å². The van der Waals surface area contributed by atoms with Crippen LogP contribution in [0.3, 0.4) is 0 Å². The van der Waals surface area contributed by atoms with Crippen LogP contribution in [0.2, 0.25) is 0 Å². The Kier molecular flexibility index (Phi) is 2.63. The van der Waals surface area contributed by atoms with Gasteiger partial charge >= 0.3 is 0 Å². The number of nitrogens with zero attached hydrogens (tertiary/aromatic N) is 1. The van der Waals surface area contributed by atoms with Crippen molar-refractivity contribution < 1.29 is 0 Å². The second-order valence-electron chi connectivity index (χ2n) is 3.81. The zero-order valence-corrected chi connectivity index (χ0v) is 9.33. The zero-order valence-electron chi connectivity index (χ0n) is 9.33. The molecule has 76 valence electrons. The van der Waals surface area contributed by atoms with Crippen LogP contribution in [-0.4, -0.2) is 0 Å². The van der Waals surface area contributed by atoms with Crippen molar-refractivity contribution in [1.82, 2.24) is 0 Å². The Morgan fingerprint density at radius 1 is 1.06 bits per heavy atom. The molecule has 2 rings (SSSR count). The molecular weight excluding hydrogens is 194 g/mol. The molecule has 0 unspecified atom stereocenters. The maximum absolute atomic E-state index is 8.72. The third kappa shape index (κ3) is 1.90. The molecule has 0 aromatic heterocycles. The summed E-state index contributed by atoms with van der Waals surface area (Å²) in [7, 11) is 0. The van der Waals surface area contributed by atoms with Crippen molar-refractivity contribution in [1.29, 1.82) is 5.26 Å². The summed E-state index contributed by atoms with van der Waals surface area (Å²) in [6, 6.07) is 17.9. The van der Waals surface area contributed by atoms with Crippen LogP contribution in [0.25, 0.3) is 11.1 Å². The second-order valence-corrected chi connectivity index (χ2v) is 3.81. The zero-order chi connectivity index (χ0) is 11.5. The predicted molar refractivity (Wildman–Crippen MR) is 63.7 cm³/mol. The summed E-state index contributed by atoms with van der Waals surface area (Å²) in [5, 5.41) is 8.72. The third-order valence-corrected chi connectivity index (χ3v) is 2.66. The summed E-state index contributed by atoms with van der Waals surface area (Å²) >= 11 is 0. The van der Waals surface area contributed by atoms with Gasteiger partial charge in [0.25, 0.3) is 0 Å². The summed E-state index contributed by atoms with van der Waals surface area (Å²) in [5.74, 6) is 0. The first kappa shape index (κ1) is 10.3. The van der Waals surface area contributed by atoms with Crippen molar-refractivity contribution in [2.75, 3.05) is 0 Å². The molecule has 1 heteroatoms. The molecular formula is C15H11N. The van der Waals surface area contributed by atoms with Crippen LogP contribution in [0.4, 0.5) is 0 Å². The molecule has 0 aliphatic rings. The van der Waals surface area contributed by atoms with Crippen molar-refractivity contribution in [2.24, 2.45) is 0 Å². The van der Waals surface area contributed by atoms with Crippen LogP contribution < -0.4 is 0 Å². The van der Waals surface area contributed by atoms with Crippen molar-refractivity contribution in [3.8, 4) is 17.2 Å². The maximum Gasteiger partial charge on any atom is 0.0991 e. The fourth-order valence-electron chi connectivity index (χ4n) is 1.50. The molecule has 0 N–H and O–H groups in total. The van der Waals surface area contributed by atoms with E-state index in [0.29, 0.717) is 5.56 Å². The Balaban J connectivity index is 2.43. The first-order valence-electron chi connectivity index (χ1n) is 5.12. The number of aryl methyl sites for hydroxylation is 1. The Hall–Kier alpha value is -2.25. The molecule has 0 saturated carbocycles. The minimum absolute atomic E-state index is 0.677. The Morgan fingerprint density at radius 3 is 2.31 bits per heavy atom. The summed E-state index contributed by atoms with van der Waals surface area (Å²) < 4.78 is 0. The summed E-state index contributed by atoms with van der Waals surface area (Å²) in [6.07, 6.45) is 0. The van der Waals surface area contributed by atoms with E-state index in [9.17, 15) is 0 Å². The van der Waals surface area contributed by atoms with E-state index < -0.39 is 0 Å². The molecule has 0 spiro atoms. The quantitative estimate of drug-likeness (QED) is 0.699. The molecule has 0 radical (unpaired) electrons. The molecule has 0 aliphatic heterocycles. The number of hydrogen-bond acceptors (Lipinski definition) is 1. The lowest BCUT2D eigenvalue weighted by Gasteiger charge is -2.01. The SMILES string of the molecule is Cc1c#cc(-c2ccc(C#N)cc2)cc1C. The molecule has 1 nitrogen and oxygen atoms in total. The fraction of sp³-hybridized carbons (Fsp3) is 0.133. The topological polar surface area (TPSA) is 23.8 Å². The molecule has 16 heavy (non-hydrogen) atoms. The summed E-state index contributed by atoms with van der Waals surface area (Å²) in [4.78, 5) is 0. The lowest BCUT2D eigenvalue weighted by Crippen LogP contribution is -1.82. The maximum atomic E-state index is 8.72. The van der Waals surface area contributed by atoms with Gasteiger partial charge in [-0.05, 0) is 43.2 Å². The fourth-order valence-corrected chi connectivity index (χ4v) is 1.50. The molecule has 0 bridgehead atoms. The van der Waals surface area contributed by atoms with E-state index in [-0.39, 0.29) is 0 Å². The minimum atomic E-state index is 0.677. The second kappa shape index (κ2) is 4.09. The Labute approximate surface area is 96.0 Å². The Bertz CT molecular complexity index is 545. The third-order valence-electron chi connectivity index (χ3n) is 2.66. The van der Waals surface area contributed by atoms with Gasteiger partial charge in [0.1, 0.15) is 0 Å². The van der Waals surface area contributed by atoms with Gasteiger partial charge in [-0.1, -0.05) is 24.3 Å². The van der Waals surface area contributed by atoms with E-state index in [1.165, 1.54) is 5.56 Å². The van der Waals surface area contributed by atoms with Gasteiger partial charge in [0, 0.05) is 11.1 Å². The van der Waals surface area contributed by atoms with Gasteiger partial charge < -0.3 is 0 Å². The van der Waals surface area contributed by atoms with Crippen LogP contribution in [0.15, 0.2) is 30.3 Å². The molecule has 2 aromatic carbocycles. The van der Waals surface area contributed by atoms with Crippen molar-refractivity contribution >= 4 is 0 Å². The summed E-state index contributed by atoms with van der Waals surface area (Å²) in [5.41, 5.74) is 5.10. The highest BCUT2D eigenvalue weighted by Gasteiger charge is 1.99. The van der Waals surface area contributed by atoms with Gasteiger partial charge in [-0.15, -0.1) is 0 Å². The average Bonchev–Trinajstić information content (AvgIpc) is 2.33. The van der Waals surface area contributed by atoms with Gasteiger partial charge in [-0.3, -0.25) is 0 Å². The monoisotopic (exact) mass is 205 g/mol. The molecule has 0 heterocycles. The van der Waals surface area contributed by atoms with Crippen LogP contribution in [0.5, 0.6) is 0 Å². The standard InChI is InChI=1S/C15H11N/c1-11-3-6-15(9-12(11)2)14-7-4-13(10-16)5-8-14/h4-5,7-9H,1-2H3. The van der Waals surface area contributed by atoms with E-state index in [1.54, 1.807) is 0 Å². The van der Waals surface area contributed by atoms with Crippen LogP contribution in [0.1, 0.15) is 16.7 Å². The smallest absolute Gasteiger partial charge is 0.0991 e. The van der Waals surface area contributed by atoms with Gasteiger partial charge in [0.2, 0.25) is 0 Å². The lowest BCUT2D eigenvalue weighted by atomic mass is 10.0. The van der Waals surface area contributed by atoms with Crippen LogP contribution in [0, 0.1) is 37.3 Å². The first-order chi connectivity index (χ1) is 7.70. The first-order valence-corrected chi connectivity index (χ1v) is 5.12. The van der Waals surface area contributed by atoms with Gasteiger partial charge in [-0.25, -0.2) is 0 Å². The normalized spacial score (nSPS) is 9.31. The molecule has 0 fully saturated rings. The number of rotatable bonds is 1. The van der Waals surface area contributed by atoms with E-state index >= 15 is 0 Å². The average molecular weight is 205 g/mol. The number of nitriles is 1. The molecule has 0 aliphatic carbocycles. The van der Waals surface area contributed by atoms with E-state index in [1.807, 2.05) is 31.2 Å². The Morgan fingerprint density at radius 2 is 1.75 bits per heavy atom. The number of hydrogen-bond donors (Lipinski definition) is 0. The predicted octanol–water partition coefficient (Wildman–Crippen LogP) is 3.44. The summed E-state index contributed by atoms with van der Waals surface area (Å²) in [6.45, 7) is 4.08. The minimum Gasteiger partial charge on any atom is -0.192 e. The molecule has 2 aromatic rings. The molecule has 0 atom stereocenters. The number of benzene rings is 1. The molecule has 0 saturated heterocycles. The van der Waals surface area contributed by atoms with Crippen LogP contribution in [-0.2, 0) is 0 Å². The highest BCUT2D eigenvalue weighted by Crippen LogP contribution is 2.19. The van der Waals surface area contributed by atoms with E-state index in [2.05, 4.69) is 31.2 Å². The van der Waals surface area contributed by atoms with Crippen molar-refractivity contribution in [3.63, 3.8) is 0 Å². The van der Waals surface area contributed by atoms with Crippen molar-refractivity contribution in [2.45, 2.75) is 13.8 Å². The highest BCUT2D eigenvalue weighted by atomic mass is 14.2. The van der Waals surface area contributed by atoms with Gasteiger partial charge in [-0.2, -0.15) is 5.26 Å². The largest absolute Gasteiger partial charge is 0.192 e.